The third kappa shape index (κ3) is 3.64. The van der Waals surface area contributed by atoms with Gasteiger partial charge in [0.2, 0.25) is 17.7 Å². The molecule has 24 heavy (non-hydrogen) atoms. The topological polar surface area (TPSA) is 75.4 Å². The molecule has 2 heterocycles. The van der Waals surface area contributed by atoms with Gasteiger partial charge >= 0.3 is 0 Å². The van der Waals surface area contributed by atoms with E-state index in [2.05, 4.69) is 10.3 Å². The number of hydrogen-bond acceptors (Lipinski definition) is 4. The van der Waals surface area contributed by atoms with E-state index in [0.717, 1.165) is 18.4 Å². The Balaban J connectivity index is 1.78. The van der Waals surface area contributed by atoms with E-state index in [-0.39, 0.29) is 18.4 Å². The fourth-order valence-corrected chi connectivity index (χ4v) is 2.95. The second-order valence-corrected chi connectivity index (χ2v) is 5.94. The number of rotatable bonds is 5. The predicted molar refractivity (Wildman–Crippen MR) is 87.8 cm³/mol. The van der Waals surface area contributed by atoms with E-state index in [9.17, 15) is 9.59 Å². The third-order valence-corrected chi connectivity index (χ3v) is 4.12. The summed E-state index contributed by atoms with van der Waals surface area (Å²) in [5, 5.41) is 2.84. The number of piperidine rings is 1. The minimum Gasteiger partial charge on any atom is -0.444 e. The lowest BCUT2D eigenvalue weighted by atomic mass is 10.0. The predicted octanol–water partition coefficient (Wildman–Crippen LogP) is 2.35. The first-order valence-electron chi connectivity index (χ1n) is 8.18. The highest BCUT2D eigenvalue weighted by Crippen LogP contribution is 2.25. The lowest BCUT2D eigenvalue weighted by Gasteiger charge is -2.34. The van der Waals surface area contributed by atoms with Crippen molar-refractivity contribution in [3.8, 4) is 0 Å². The van der Waals surface area contributed by atoms with Crippen molar-refractivity contribution in [3.05, 3.63) is 53.7 Å². The standard InChI is InChI=1S/C18H21N3O3/c1-13-11-19-15(24-13)12-20-18(23)17(14-7-3-2-4-8-14)21-10-6-5-9-16(21)22/h2-4,7-8,11,17H,5-6,9-10,12H2,1H3,(H,20,23)/t17-/m0/s1. The molecule has 1 aromatic carbocycles. The van der Waals surface area contributed by atoms with Crippen molar-refractivity contribution >= 4 is 11.8 Å². The number of likely N-dealkylation sites (tertiary alicyclic amines) is 1. The fraction of sp³-hybridized carbons (Fsp3) is 0.389. The van der Waals surface area contributed by atoms with Crippen molar-refractivity contribution in [1.29, 1.82) is 0 Å². The van der Waals surface area contributed by atoms with Crippen LogP contribution in [0.3, 0.4) is 0 Å². The summed E-state index contributed by atoms with van der Waals surface area (Å²) < 4.78 is 5.38. The molecule has 1 aromatic heterocycles. The Morgan fingerprint density at radius 3 is 2.79 bits per heavy atom. The molecule has 0 aliphatic carbocycles. The van der Waals surface area contributed by atoms with Gasteiger partial charge in [-0.3, -0.25) is 9.59 Å². The van der Waals surface area contributed by atoms with Crippen LogP contribution in [0.4, 0.5) is 0 Å². The maximum atomic E-state index is 12.8. The number of aromatic nitrogens is 1. The van der Waals surface area contributed by atoms with E-state index in [1.54, 1.807) is 18.0 Å². The van der Waals surface area contributed by atoms with Gasteiger partial charge < -0.3 is 14.6 Å². The summed E-state index contributed by atoms with van der Waals surface area (Å²) in [6.07, 6.45) is 3.91. The Morgan fingerprint density at radius 1 is 1.33 bits per heavy atom. The number of carbonyl (C=O) groups is 2. The summed E-state index contributed by atoms with van der Waals surface area (Å²) in [6, 6.07) is 8.78. The summed E-state index contributed by atoms with van der Waals surface area (Å²) in [4.78, 5) is 30.9. The van der Waals surface area contributed by atoms with Crippen LogP contribution in [0.2, 0.25) is 0 Å². The molecule has 1 aliphatic rings. The molecule has 2 amide bonds. The number of oxazole rings is 1. The highest BCUT2D eigenvalue weighted by Gasteiger charge is 2.32. The highest BCUT2D eigenvalue weighted by atomic mass is 16.4. The van der Waals surface area contributed by atoms with Crippen molar-refractivity contribution in [2.24, 2.45) is 0 Å². The Morgan fingerprint density at radius 2 is 2.12 bits per heavy atom. The van der Waals surface area contributed by atoms with E-state index in [1.165, 1.54) is 0 Å². The lowest BCUT2D eigenvalue weighted by Crippen LogP contribution is -2.45. The average molecular weight is 327 g/mol. The summed E-state index contributed by atoms with van der Waals surface area (Å²) in [6.45, 7) is 2.61. The van der Waals surface area contributed by atoms with Gasteiger partial charge in [0.05, 0.1) is 12.7 Å². The van der Waals surface area contributed by atoms with Crippen molar-refractivity contribution in [2.75, 3.05) is 6.54 Å². The molecule has 0 bridgehead atoms. The molecule has 1 aliphatic heterocycles. The van der Waals surface area contributed by atoms with Crippen LogP contribution in [0.25, 0.3) is 0 Å². The monoisotopic (exact) mass is 327 g/mol. The second-order valence-electron chi connectivity index (χ2n) is 5.94. The maximum Gasteiger partial charge on any atom is 0.247 e. The van der Waals surface area contributed by atoms with Crippen LogP contribution in [-0.4, -0.2) is 28.2 Å². The molecular weight excluding hydrogens is 306 g/mol. The van der Waals surface area contributed by atoms with Gasteiger partial charge in [-0.2, -0.15) is 0 Å². The van der Waals surface area contributed by atoms with Gasteiger partial charge in [-0.15, -0.1) is 0 Å². The maximum absolute atomic E-state index is 12.8. The molecule has 126 valence electrons. The van der Waals surface area contributed by atoms with Crippen LogP contribution < -0.4 is 5.32 Å². The largest absolute Gasteiger partial charge is 0.444 e. The number of nitrogens with one attached hydrogen (secondary N) is 1. The number of carbonyl (C=O) groups excluding carboxylic acids is 2. The van der Waals surface area contributed by atoms with Crippen LogP contribution in [0.5, 0.6) is 0 Å². The Labute approximate surface area is 140 Å². The summed E-state index contributed by atoms with van der Waals surface area (Å²) in [7, 11) is 0. The van der Waals surface area contributed by atoms with Crippen LogP contribution in [0, 0.1) is 6.92 Å². The van der Waals surface area contributed by atoms with Gasteiger partial charge in [-0.05, 0) is 25.3 Å². The van der Waals surface area contributed by atoms with E-state index in [1.807, 2.05) is 30.3 Å². The second kappa shape index (κ2) is 7.29. The SMILES string of the molecule is Cc1cnc(CNC(=O)[C@H](c2ccccc2)N2CCCCC2=O)o1. The minimum absolute atomic E-state index is 0.0252. The van der Waals surface area contributed by atoms with Crippen molar-refractivity contribution in [3.63, 3.8) is 0 Å². The fourth-order valence-electron chi connectivity index (χ4n) is 2.95. The molecule has 1 fully saturated rings. The third-order valence-electron chi connectivity index (χ3n) is 4.12. The zero-order chi connectivity index (χ0) is 16.9. The first-order valence-corrected chi connectivity index (χ1v) is 8.18. The molecule has 0 spiro atoms. The van der Waals surface area contributed by atoms with Gasteiger partial charge in [-0.25, -0.2) is 4.98 Å². The molecule has 6 heteroatoms. The molecule has 0 radical (unpaired) electrons. The van der Waals surface area contributed by atoms with Crippen LogP contribution in [0.15, 0.2) is 40.9 Å². The highest BCUT2D eigenvalue weighted by molar-refractivity contribution is 5.89. The van der Waals surface area contributed by atoms with Crippen LogP contribution in [-0.2, 0) is 16.1 Å². The zero-order valence-corrected chi connectivity index (χ0v) is 13.7. The molecule has 1 saturated heterocycles. The molecule has 3 rings (SSSR count). The smallest absolute Gasteiger partial charge is 0.247 e. The first-order chi connectivity index (χ1) is 11.6. The number of aryl methyl sites for hydroxylation is 1. The van der Waals surface area contributed by atoms with E-state index >= 15 is 0 Å². The Hall–Kier alpha value is -2.63. The number of nitrogens with zero attached hydrogens (tertiary/aromatic N) is 2. The van der Waals surface area contributed by atoms with Crippen molar-refractivity contribution in [1.82, 2.24) is 15.2 Å². The molecular formula is C18H21N3O3. The molecule has 1 N–H and O–H groups in total. The normalized spacial score (nSPS) is 16.0. The van der Waals surface area contributed by atoms with E-state index in [0.29, 0.717) is 24.6 Å². The Bertz CT molecular complexity index is 711. The van der Waals surface area contributed by atoms with Crippen LogP contribution >= 0.6 is 0 Å². The first kappa shape index (κ1) is 16.2. The Kier molecular flexibility index (Phi) is 4.93. The van der Waals surface area contributed by atoms with Gasteiger partial charge in [-0.1, -0.05) is 30.3 Å². The van der Waals surface area contributed by atoms with Gasteiger partial charge in [0, 0.05) is 13.0 Å². The minimum atomic E-state index is -0.616. The quantitative estimate of drug-likeness (QED) is 0.914. The summed E-state index contributed by atoms with van der Waals surface area (Å²) >= 11 is 0. The average Bonchev–Trinajstić information content (AvgIpc) is 3.01. The molecule has 0 unspecified atom stereocenters. The number of hydrogen-bond donors (Lipinski definition) is 1. The van der Waals surface area contributed by atoms with Gasteiger partial charge in [0.25, 0.3) is 0 Å². The summed E-state index contributed by atoms with van der Waals surface area (Å²) in [5.74, 6) is 0.965. The van der Waals surface area contributed by atoms with Gasteiger partial charge in [0.15, 0.2) is 0 Å². The number of benzene rings is 1. The zero-order valence-electron chi connectivity index (χ0n) is 13.7. The van der Waals surface area contributed by atoms with Crippen LogP contribution in [0.1, 0.15) is 42.5 Å². The lowest BCUT2D eigenvalue weighted by molar-refractivity contribution is -0.142. The molecule has 2 aromatic rings. The molecule has 6 nitrogen and oxygen atoms in total. The van der Waals surface area contributed by atoms with E-state index < -0.39 is 6.04 Å². The van der Waals surface area contributed by atoms with Gasteiger partial charge in [0.1, 0.15) is 11.8 Å². The van der Waals surface area contributed by atoms with Crippen molar-refractivity contribution in [2.45, 2.75) is 38.8 Å². The van der Waals surface area contributed by atoms with E-state index in [4.69, 9.17) is 4.42 Å². The summed E-state index contributed by atoms with van der Waals surface area (Å²) in [5.41, 5.74) is 0.814. The van der Waals surface area contributed by atoms with Crippen molar-refractivity contribution < 1.29 is 14.0 Å². The number of amides is 2. The molecule has 1 atom stereocenters. The molecule has 0 saturated carbocycles.